The number of nitrogens with zero attached hydrogens (tertiary/aromatic N) is 3. The van der Waals surface area contributed by atoms with Crippen LogP contribution in [0.15, 0.2) is 35.5 Å². The van der Waals surface area contributed by atoms with Crippen molar-refractivity contribution in [2.45, 2.75) is 46.7 Å². The van der Waals surface area contributed by atoms with E-state index in [-0.39, 0.29) is 24.7 Å². The van der Waals surface area contributed by atoms with Gasteiger partial charge in [-0.05, 0) is 45.7 Å². The molecule has 9 nitrogen and oxygen atoms in total. The third-order valence-corrected chi connectivity index (χ3v) is 6.19. The van der Waals surface area contributed by atoms with E-state index in [0.717, 1.165) is 11.1 Å². The van der Waals surface area contributed by atoms with Crippen molar-refractivity contribution in [1.82, 2.24) is 25.3 Å². The van der Waals surface area contributed by atoms with Gasteiger partial charge in [-0.1, -0.05) is 24.3 Å². The maximum Gasteiger partial charge on any atom is 0.338 e. The van der Waals surface area contributed by atoms with E-state index >= 15 is 0 Å². The van der Waals surface area contributed by atoms with Gasteiger partial charge in [0.05, 0.1) is 18.2 Å². The number of esters is 1. The van der Waals surface area contributed by atoms with E-state index in [1.165, 1.54) is 0 Å². The molecule has 1 saturated heterocycles. The van der Waals surface area contributed by atoms with Gasteiger partial charge in [0.25, 0.3) is 0 Å². The molecule has 4 amide bonds. The maximum atomic E-state index is 13.2. The molecular weight excluding hydrogens is 434 g/mol. The molecule has 1 aromatic carbocycles. The van der Waals surface area contributed by atoms with Crippen molar-refractivity contribution in [3.05, 3.63) is 46.7 Å². The quantitative estimate of drug-likeness (QED) is 0.597. The molecule has 34 heavy (non-hydrogen) atoms. The van der Waals surface area contributed by atoms with Crippen LogP contribution in [-0.2, 0) is 9.53 Å². The fourth-order valence-electron chi connectivity index (χ4n) is 4.46. The van der Waals surface area contributed by atoms with Crippen molar-refractivity contribution in [2.75, 3.05) is 45.9 Å². The van der Waals surface area contributed by atoms with Crippen molar-refractivity contribution < 1.29 is 19.1 Å². The van der Waals surface area contributed by atoms with Gasteiger partial charge in [0.1, 0.15) is 0 Å². The van der Waals surface area contributed by atoms with Crippen LogP contribution >= 0.6 is 0 Å². The summed E-state index contributed by atoms with van der Waals surface area (Å²) in [6.45, 7) is 13.1. The lowest BCUT2D eigenvalue weighted by atomic mass is 9.91. The summed E-state index contributed by atoms with van der Waals surface area (Å²) >= 11 is 0. The van der Waals surface area contributed by atoms with Gasteiger partial charge in [-0.15, -0.1) is 0 Å². The van der Waals surface area contributed by atoms with Crippen molar-refractivity contribution >= 4 is 18.0 Å². The number of nitrogens with one attached hydrogen (secondary N) is 2. The Hall–Kier alpha value is -3.07. The average Bonchev–Trinajstić information content (AvgIpc) is 2.79. The third-order valence-electron chi connectivity index (χ3n) is 6.19. The second kappa shape index (κ2) is 11.4. The summed E-state index contributed by atoms with van der Waals surface area (Å²) in [4.78, 5) is 44.3. The molecule has 0 spiro atoms. The van der Waals surface area contributed by atoms with Crippen LogP contribution in [0.25, 0.3) is 0 Å². The van der Waals surface area contributed by atoms with Gasteiger partial charge >= 0.3 is 18.0 Å². The number of benzene rings is 1. The molecule has 0 bridgehead atoms. The van der Waals surface area contributed by atoms with Gasteiger partial charge in [0.2, 0.25) is 0 Å². The van der Waals surface area contributed by atoms with E-state index in [1.807, 2.05) is 52.0 Å². The van der Waals surface area contributed by atoms with E-state index in [2.05, 4.69) is 15.5 Å². The van der Waals surface area contributed by atoms with Crippen LogP contribution in [0.5, 0.6) is 0 Å². The summed E-state index contributed by atoms with van der Waals surface area (Å²) in [6, 6.07) is 6.96. The van der Waals surface area contributed by atoms with Gasteiger partial charge in [-0.3, -0.25) is 9.80 Å². The predicted molar refractivity (Wildman–Crippen MR) is 130 cm³/mol. The van der Waals surface area contributed by atoms with Crippen LogP contribution in [0.1, 0.15) is 44.9 Å². The van der Waals surface area contributed by atoms with Crippen molar-refractivity contribution in [3.8, 4) is 0 Å². The number of carbonyl (C=O) groups excluding carboxylic acids is 3. The van der Waals surface area contributed by atoms with Gasteiger partial charge < -0.3 is 20.3 Å². The number of ether oxygens (including phenoxy) is 1. The third kappa shape index (κ3) is 5.70. The van der Waals surface area contributed by atoms with Crippen LogP contribution in [-0.4, -0.2) is 84.6 Å². The number of likely N-dealkylation sites (N-methyl/N-ethyl adjacent to an activating group) is 1. The lowest BCUT2D eigenvalue weighted by Crippen LogP contribution is -2.55. The van der Waals surface area contributed by atoms with Crippen LogP contribution < -0.4 is 10.6 Å². The molecule has 0 saturated carbocycles. The Bertz CT molecular complexity index is 937. The minimum atomic E-state index is -0.580. The molecule has 186 valence electrons. The number of rotatable bonds is 7. The molecule has 0 aliphatic carbocycles. The standard InChI is InChI=1S/C25H37N5O4/c1-6-30-20(16-28-12-14-29(15-13-28)24(32)26-17(3)4)21(23(31)34-7-2)22(27-25(30)33)19-11-9-8-10-18(19)5/h8-11,17,22H,6-7,12-16H2,1-5H3,(H,26,32)(H,27,33)/t22-/m1/s1. The second-order valence-corrected chi connectivity index (χ2v) is 8.93. The van der Waals surface area contributed by atoms with E-state index in [9.17, 15) is 14.4 Å². The highest BCUT2D eigenvalue weighted by molar-refractivity contribution is 5.95. The van der Waals surface area contributed by atoms with E-state index in [0.29, 0.717) is 50.5 Å². The van der Waals surface area contributed by atoms with Crippen molar-refractivity contribution in [1.29, 1.82) is 0 Å². The minimum absolute atomic E-state index is 0.0621. The molecule has 2 aliphatic rings. The van der Waals surface area contributed by atoms with Crippen molar-refractivity contribution in [2.24, 2.45) is 0 Å². The highest BCUT2D eigenvalue weighted by Crippen LogP contribution is 2.33. The van der Waals surface area contributed by atoms with E-state index in [1.54, 1.807) is 16.7 Å². The van der Waals surface area contributed by atoms with Crippen LogP contribution in [0.4, 0.5) is 9.59 Å². The SMILES string of the molecule is CCOC(=O)C1=C(CN2CCN(C(=O)NC(C)C)CC2)N(CC)C(=O)N[C@@H]1c1ccccc1C. The Balaban J connectivity index is 1.92. The van der Waals surface area contributed by atoms with Crippen LogP contribution in [0.3, 0.4) is 0 Å². The van der Waals surface area contributed by atoms with Crippen molar-refractivity contribution in [3.63, 3.8) is 0 Å². The predicted octanol–water partition coefficient (Wildman–Crippen LogP) is 2.63. The van der Waals surface area contributed by atoms with E-state index < -0.39 is 12.0 Å². The lowest BCUT2D eigenvalue weighted by molar-refractivity contribution is -0.139. The first-order chi connectivity index (χ1) is 16.3. The summed E-state index contributed by atoms with van der Waals surface area (Å²) in [7, 11) is 0. The van der Waals surface area contributed by atoms with E-state index in [4.69, 9.17) is 4.74 Å². The fraction of sp³-hybridized carbons (Fsp3) is 0.560. The number of hydrogen-bond donors (Lipinski definition) is 2. The number of aryl methyl sites for hydroxylation is 1. The Morgan fingerprint density at radius 1 is 1.15 bits per heavy atom. The average molecular weight is 472 g/mol. The number of carbonyl (C=O) groups is 3. The molecule has 1 atom stereocenters. The molecule has 1 aromatic rings. The Kier molecular flexibility index (Phi) is 8.55. The maximum absolute atomic E-state index is 13.2. The summed E-state index contributed by atoms with van der Waals surface area (Å²) < 4.78 is 5.45. The first-order valence-corrected chi connectivity index (χ1v) is 12.1. The largest absolute Gasteiger partial charge is 0.463 e. The molecule has 0 unspecified atom stereocenters. The van der Waals surface area contributed by atoms with Crippen LogP contribution in [0, 0.1) is 6.92 Å². The van der Waals surface area contributed by atoms with Crippen LogP contribution in [0.2, 0.25) is 0 Å². The zero-order chi connectivity index (χ0) is 24.8. The zero-order valence-electron chi connectivity index (χ0n) is 20.9. The molecule has 1 fully saturated rings. The molecule has 9 heteroatoms. The van der Waals surface area contributed by atoms with Gasteiger partial charge in [0, 0.05) is 51.0 Å². The Labute approximate surface area is 202 Å². The normalized spacial score (nSPS) is 19.4. The molecule has 2 heterocycles. The molecule has 2 aliphatic heterocycles. The number of piperazine rings is 1. The lowest BCUT2D eigenvalue weighted by Gasteiger charge is -2.40. The minimum Gasteiger partial charge on any atom is -0.463 e. The summed E-state index contributed by atoms with van der Waals surface area (Å²) in [5.74, 6) is -0.417. The Morgan fingerprint density at radius 2 is 1.82 bits per heavy atom. The van der Waals surface area contributed by atoms with Gasteiger partial charge in [-0.25, -0.2) is 14.4 Å². The molecular formula is C25H37N5O4. The fourth-order valence-corrected chi connectivity index (χ4v) is 4.46. The smallest absolute Gasteiger partial charge is 0.338 e. The molecule has 3 rings (SSSR count). The number of urea groups is 2. The summed E-state index contributed by atoms with van der Waals surface area (Å²) in [6.07, 6.45) is 0. The topological polar surface area (TPSA) is 94.2 Å². The zero-order valence-corrected chi connectivity index (χ0v) is 20.9. The number of hydrogen-bond acceptors (Lipinski definition) is 5. The highest BCUT2D eigenvalue weighted by atomic mass is 16.5. The molecule has 2 N–H and O–H groups in total. The Morgan fingerprint density at radius 3 is 2.41 bits per heavy atom. The first kappa shape index (κ1) is 25.6. The van der Waals surface area contributed by atoms with Gasteiger partial charge in [0.15, 0.2) is 0 Å². The molecule has 0 aromatic heterocycles. The number of amides is 4. The first-order valence-electron chi connectivity index (χ1n) is 12.1. The summed E-state index contributed by atoms with van der Waals surface area (Å²) in [5.41, 5.74) is 3.00. The molecule has 0 radical (unpaired) electrons. The van der Waals surface area contributed by atoms with Gasteiger partial charge in [-0.2, -0.15) is 0 Å². The highest BCUT2D eigenvalue weighted by Gasteiger charge is 2.39. The monoisotopic (exact) mass is 471 g/mol. The summed E-state index contributed by atoms with van der Waals surface area (Å²) in [5, 5.41) is 5.95. The second-order valence-electron chi connectivity index (χ2n) is 8.93.